The first-order valence-electron chi connectivity index (χ1n) is 9.42. The number of nitrogens with two attached hydrogens (primary N) is 1. The molecule has 1 heterocycles. The van der Waals surface area contributed by atoms with Crippen LogP contribution in [0.2, 0.25) is 0 Å². The van der Waals surface area contributed by atoms with E-state index in [9.17, 15) is 14.4 Å². The van der Waals surface area contributed by atoms with Crippen LogP contribution in [0.4, 0.5) is 11.5 Å². The first-order chi connectivity index (χ1) is 12.0. The number of hydrogen-bond acceptors (Lipinski definition) is 4. The maximum absolute atomic E-state index is 12.6. The van der Waals surface area contributed by atoms with Crippen molar-refractivity contribution < 1.29 is 4.79 Å². The predicted octanol–water partition coefficient (Wildman–Crippen LogP) is 2.32. The van der Waals surface area contributed by atoms with E-state index in [0.29, 0.717) is 38.3 Å². The Hall–Kier alpha value is -2.05. The topological polar surface area (TPSA) is 99.1 Å². The van der Waals surface area contributed by atoms with Gasteiger partial charge in [-0.15, -0.1) is 0 Å². The van der Waals surface area contributed by atoms with Crippen LogP contribution in [0.5, 0.6) is 0 Å². The molecule has 25 heavy (non-hydrogen) atoms. The lowest BCUT2D eigenvalue weighted by molar-refractivity contribution is -0.117. The smallest absolute Gasteiger partial charge is 0.332 e. The Labute approximate surface area is 148 Å². The average molecular weight is 350 g/mol. The molecular formula is C18H30N4O3. The summed E-state index contributed by atoms with van der Waals surface area (Å²) in [5, 5.41) is 2.69. The van der Waals surface area contributed by atoms with Crippen molar-refractivity contribution in [3.05, 3.63) is 20.8 Å². The maximum Gasteiger partial charge on any atom is 0.332 e. The lowest BCUT2D eigenvalue weighted by Crippen LogP contribution is -2.43. The van der Waals surface area contributed by atoms with Crippen molar-refractivity contribution in [1.82, 2.24) is 9.13 Å². The fourth-order valence-corrected chi connectivity index (χ4v) is 3.54. The molecular weight excluding hydrogens is 320 g/mol. The molecule has 0 unspecified atom stereocenters. The highest BCUT2D eigenvalue weighted by Crippen LogP contribution is 2.26. The van der Waals surface area contributed by atoms with Crippen LogP contribution in [-0.2, 0) is 17.9 Å². The maximum atomic E-state index is 12.6. The third-order valence-electron chi connectivity index (χ3n) is 4.83. The highest BCUT2D eigenvalue weighted by Gasteiger charge is 2.21. The first kappa shape index (κ1) is 19.3. The van der Waals surface area contributed by atoms with E-state index in [4.69, 9.17) is 5.73 Å². The first-order valence-corrected chi connectivity index (χ1v) is 9.42. The summed E-state index contributed by atoms with van der Waals surface area (Å²) in [4.78, 5) is 37.5. The van der Waals surface area contributed by atoms with Gasteiger partial charge in [-0.25, -0.2) is 4.79 Å². The van der Waals surface area contributed by atoms with Gasteiger partial charge in [-0.1, -0.05) is 33.1 Å². The number of nitrogens with one attached hydrogen (secondary N) is 1. The van der Waals surface area contributed by atoms with Crippen LogP contribution in [0.15, 0.2) is 9.59 Å². The summed E-state index contributed by atoms with van der Waals surface area (Å²) < 4.78 is 2.55. The van der Waals surface area contributed by atoms with Crippen molar-refractivity contribution >= 4 is 17.4 Å². The molecule has 3 N–H and O–H groups in total. The average Bonchev–Trinajstić information content (AvgIpc) is 2.60. The van der Waals surface area contributed by atoms with Gasteiger partial charge in [-0.2, -0.15) is 0 Å². The zero-order valence-corrected chi connectivity index (χ0v) is 15.3. The van der Waals surface area contributed by atoms with Gasteiger partial charge in [-0.05, 0) is 31.6 Å². The summed E-state index contributed by atoms with van der Waals surface area (Å²) in [6.45, 7) is 4.56. The lowest BCUT2D eigenvalue weighted by Gasteiger charge is -2.21. The summed E-state index contributed by atoms with van der Waals surface area (Å²) in [5.74, 6) is 0.232. The summed E-state index contributed by atoms with van der Waals surface area (Å²) in [7, 11) is 0. The molecule has 1 fully saturated rings. The second-order valence-corrected chi connectivity index (χ2v) is 6.91. The molecule has 1 aromatic heterocycles. The van der Waals surface area contributed by atoms with Crippen LogP contribution in [0.1, 0.15) is 65.2 Å². The third-order valence-corrected chi connectivity index (χ3v) is 4.83. The van der Waals surface area contributed by atoms with Crippen molar-refractivity contribution in [2.75, 3.05) is 11.1 Å². The van der Waals surface area contributed by atoms with E-state index in [-0.39, 0.29) is 17.4 Å². The van der Waals surface area contributed by atoms with Gasteiger partial charge in [0.25, 0.3) is 5.56 Å². The number of amides is 1. The number of nitrogens with zero attached hydrogens (tertiary/aromatic N) is 2. The molecule has 0 aliphatic heterocycles. The number of hydrogen-bond donors (Lipinski definition) is 2. The molecule has 1 aliphatic carbocycles. The standard InChI is InChI=1S/C18H30N4O3/c1-3-10-21-16(19)15(17(24)22(11-4-2)18(21)25)20-14(23)12-13-8-6-5-7-9-13/h13H,3-12,19H2,1-2H3,(H,20,23). The van der Waals surface area contributed by atoms with Gasteiger partial charge in [0, 0.05) is 19.5 Å². The number of rotatable bonds is 7. The van der Waals surface area contributed by atoms with Crippen LogP contribution in [-0.4, -0.2) is 15.0 Å². The monoisotopic (exact) mass is 350 g/mol. The number of anilines is 2. The number of carbonyl (C=O) groups is 1. The Balaban J connectivity index is 2.30. The fraction of sp³-hybridized carbons (Fsp3) is 0.722. The van der Waals surface area contributed by atoms with Gasteiger partial charge in [0.05, 0.1) is 0 Å². The zero-order valence-electron chi connectivity index (χ0n) is 15.3. The summed E-state index contributed by atoms with van der Waals surface area (Å²) in [6.07, 6.45) is 7.42. The van der Waals surface area contributed by atoms with E-state index in [2.05, 4.69) is 5.32 Å². The summed E-state index contributed by atoms with van der Waals surface area (Å²) >= 11 is 0. The quantitative estimate of drug-likeness (QED) is 0.788. The predicted molar refractivity (Wildman–Crippen MR) is 99.8 cm³/mol. The van der Waals surface area contributed by atoms with Crippen molar-refractivity contribution in [2.24, 2.45) is 5.92 Å². The third kappa shape index (κ3) is 4.52. The SMILES string of the molecule is CCCn1c(N)c(NC(=O)CC2CCCCC2)c(=O)n(CCC)c1=O. The van der Waals surface area contributed by atoms with E-state index in [1.165, 1.54) is 15.6 Å². The Morgan fingerprint density at radius 1 is 1.08 bits per heavy atom. The van der Waals surface area contributed by atoms with Crippen LogP contribution in [0.3, 0.4) is 0 Å². The number of aromatic nitrogens is 2. The van der Waals surface area contributed by atoms with Gasteiger partial charge >= 0.3 is 5.69 Å². The minimum atomic E-state index is -0.506. The lowest BCUT2D eigenvalue weighted by atomic mass is 9.87. The van der Waals surface area contributed by atoms with Gasteiger partial charge in [0.1, 0.15) is 11.5 Å². The molecule has 7 nitrogen and oxygen atoms in total. The fourth-order valence-electron chi connectivity index (χ4n) is 3.54. The highest BCUT2D eigenvalue weighted by atomic mass is 16.2. The highest BCUT2D eigenvalue weighted by molar-refractivity contribution is 5.93. The summed E-state index contributed by atoms with van der Waals surface area (Å²) in [5.41, 5.74) is 5.18. The van der Waals surface area contributed by atoms with Gasteiger partial charge < -0.3 is 11.1 Å². The Kier molecular flexibility index (Phi) is 6.84. The van der Waals surface area contributed by atoms with Crippen LogP contribution >= 0.6 is 0 Å². The Morgan fingerprint density at radius 2 is 1.68 bits per heavy atom. The van der Waals surface area contributed by atoms with Crippen molar-refractivity contribution in [3.8, 4) is 0 Å². The van der Waals surface area contributed by atoms with E-state index < -0.39 is 11.2 Å². The molecule has 1 aliphatic rings. The van der Waals surface area contributed by atoms with Crippen LogP contribution < -0.4 is 22.3 Å². The van der Waals surface area contributed by atoms with Crippen LogP contribution in [0.25, 0.3) is 0 Å². The van der Waals surface area contributed by atoms with Gasteiger partial charge in [0.15, 0.2) is 0 Å². The largest absolute Gasteiger partial charge is 0.383 e. The Morgan fingerprint density at radius 3 is 2.28 bits per heavy atom. The Bertz CT molecular complexity index is 714. The van der Waals surface area contributed by atoms with Crippen molar-refractivity contribution in [3.63, 3.8) is 0 Å². The van der Waals surface area contributed by atoms with Crippen LogP contribution in [0, 0.1) is 5.92 Å². The normalized spacial score (nSPS) is 15.3. The molecule has 0 bridgehead atoms. The minimum absolute atomic E-state index is 0.0438. The zero-order chi connectivity index (χ0) is 18.4. The molecule has 0 saturated heterocycles. The van der Waals surface area contributed by atoms with Gasteiger partial charge in [-0.3, -0.25) is 18.7 Å². The van der Waals surface area contributed by atoms with Crippen molar-refractivity contribution in [1.29, 1.82) is 0 Å². The number of carbonyl (C=O) groups excluding carboxylic acids is 1. The second kappa shape index (κ2) is 8.87. The molecule has 0 aromatic carbocycles. The molecule has 1 aromatic rings. The van der Waals surface area contributed by atoms with Gasteiger partial charge in [0.2, 0.25) is 5.91 Å². The van der Waals surface area contributed by atoms with E-state index in [1.807, 2.05) is 13.8 Å². The van der Waals surface area contributed by atoms with E-state index in [1.54, 1.807) is 0 Å². The minimum Gasteiger partial charge on any atom is -0.383 e. The van der Waals surface area contributed by atoms with E-state index >= 15 is 0 Å². The second-order valence-electron chi connectivity index (χ2n) is 6.91. The molecule has 1 saturated carbocycles. The molecule has 0 spiro atoms. The molecule has 140 valence electrons. The van der Waals surface area contributed by atoms with Crippen molar-refractivity contribution in [2.45, 2.75) is 78.3 Å². The van der Waals surface area contributed by atoms with E-state index in [0.717, 1.165) is 25.7 Å². The molecule has 0 atom stereocenters. The summed E-state index contributed by atoms with van der Waals surface area (Å²) in [6, 6.07) is 0. The molecule has 1 amide bonds. The molecule has 0 radical (unpaired) electrons. The number of nitrogen functional groups attached to an aromatic ring is 1. The molecule has 2 rings (SSSR count). The molecule has 7 heteroatoms.